The molecular formula is C19H11N3O. The summed E-state index contributed by atoms with van der Waals surface area (Å²) in [6, 6.07) is 17.9. The van der Waals surface area contributed by atoms with Gasteiger partial charge in [0.15, 0.2) is 0 Å². The van der Waals surface area contributed by atoms with E-state index in [1.165, 1.54) is 0 Å². The second kappa shape index (κ2) is 4.61. The van der Waals surface area contributed by atoms with Crippen molar-refractivity contribution in [2.24, 2.45) is 0 Å². The van der Waals surface area contributed by atoms with Gasteiger partial charge in [-0.15, -0.1) is 0 Å². The van der Waals surface area contributed by atoms with E-state index in [-0.39, 0.29) is 0 Å². The minimum atomic E-state index is 0.636. The summed E-state index contributed by atoms with van der Waals surface area (Å²) in [5.41, 5.74) is 3.97. The molecule has 0 spiro atoms. The Labute approximate surface area is 131 Å². The van der Waals surface area contributed by atoms with Crippen LogP contribution in [-0.4, -0.2) is 15.0 Å². The molecule has 5 rings (SSSR count). The number of nitrogens with zero attached hydrogens (tertiary/aromatic N) is 3. The minimum absolute atomic E-state index is 0.636. The van der Waals surface area contributed by atoms with Crippen molar-refractivity contribution in [3.05, 3.63) is 67.0 Å². The van der Waals surface area contributed by atoms with Crippen molar-refractivity contribution >= 4 is 33.0 Å². The molecule has 108 valence electrons. The van der Waals surface area contributed by atoms with E-state index in [9.17, 15) is 0 Å². The summed E-state index contributed by atoms with van der Waals surface area (Å²) in [5.74, 6) is 0. The molecule has 0 radical (unpaired) electrons. The van der Waals surface area contributed by atoms with Crippen molar-refractivity contribution in [3.63, 3.8) is 0 Å². The Balaban J connectivity index is 1.73. The van der Waals surface area contributed by atoms with Gasteiger partial charge in [0.25, 0.3) is 0 Å². The van der Waals surface area contributed by atoms with Crippen LogP contribution in [-0.2, 0) is 0 Å². The monoisotopic (exact) mass is 297 g/mol. The summed E-state index contributed by atoms with van der Waals surface area (Å²) in [6.45, 7) is 0. The summed E-state index contributed by atoms with van der Waals surface area (Å²) in [5, 5.41) is 3.15. The molecule has 0 saturated carbocycles. The average molecular weight is 297 g/mol. The smallest absolute Gasteiger partial charge is 0.227 e. The molecule has 0 aliphatic heterocycles. The minimum Gasteiger partial charge on any atom is -0.438 e. The van der Waals surface area contributed by atoms with Crippen molar-refractivity contribution in [1.82, 2.24) is 15.0 Å². The third-order valence-electron chi connectivity index (χ3n) is 4.00. The van der Waals surface area contributed by atoms with Gasteiger partial charge in [0, 0.05) is 22.4 Å². The molecule has 4 heteroatoms. The van der Waals surface area contributed by atoms with Crippen molar-refractivity contribution in [2.45, 2.75) is 0 Å². The predicted molar refractivity (Wildman–Crippen MR) is 90.0 cm³/mol. The number of hydrogen-bond donors (Lipinski definition) is 0. The molecule has 4 aromatic heterocycles. The topological polar surface area (TPSA) is 51.8 Å². The van der Waals surface area contributed by atoms with Crippen LogP contribution in [0.25, 0.3) is 44.4 Å². The fourth-order valence-corrected chi connectivity index (χ4v) is 2.86. The molecule has 0 unspecified atom stereocenters. The molecule has 0 bridgehead atoms. The van der Waals surface area contributed by atoms with Crippen LogP contribution in [0, 0.1) is 0 Å². The Kier molecular flexibility index (Phi) is 2.46. The van der Waals surface area contributed by atoms with Gasteiger partial charge in [-0.1, -0.05) is 24.3 Å². The quantitative estimate of drug-likeness (QED) is 0.454. The lowest BCUT2D eigenvalue weighted by atomic mass is 10.1. The lowest BCUT2D eigenvalue weighted by Crippen LogP contribution is -1.88. The maximum absolute atomic E-state index is 5.85. The average Bonchev–Trinajstić information content (AvgIpc) is 2.99. The summed E-state index contributed by atoms with van der Waals surface area (Å²) in [4.78, 5) is 13.4. The van der Waals surface area contributed by atoms with Crippen molar-refractivity contribution < 1.29 is 4.42 Å². The lowest BCUT2D eigenvalue weighted by molar-refractivity contribution is 0.654. The molecule has 0 fully saturated rings. The van der Waals surface area contributed by atoms with Crippen molar-refractivity contribution in [3.8, 4) is 11.4 Å². The second-order valence-electron chi connectivity index (χ2n) is 5.41. The van der Waals surface area contributed by atoms with Crippen LogP contribution >= 0.6 is 0 Å². The molecule has 0 N–H and O–H groups in total. The van der Waals surface area contributed by atoms with Gasteiger partial charge in [0.05, 0.1) is 23.1 Å². The van der Waals surface area contributed by atoms with E-state index in [0.717, 1.165) is 38.6 Å². The number of hydrogen-bond acceptors (Lipinski definition) is 4. The van der Waals surface area contributed by atoms with Gasteiger partial charge in [-0.05, 0) is 30.3 Å². The summed E-state index contributed by atoms with van der Waals surface area (Å²) < 4.78 is 5.85. The zero-order chi connectivity index (χ0) is 15.2. The largest absolute Gasteiger partial charge is 0.438 e. The van der Waals surface area contributed by atoms with Gasteiger partial charge < -0.3 is 4.42 Å². The van der Waals surface area contributed by atoms with E-state index in [0.29, 0.717) is 5.71 Å². The molecule has 5 aromatic rings. The van der Waals surface area contributed by atoms with Gasteiger partial charge in [-0.25, -0.2) is 4.98 Å². The molecule has 4 heterocycles. The zero-order valence-electron chi connectivity index (χ0n) is 12.1. The van der Waals surface area contributed by atoms with Crippen molar-refractivity contribution in [2.75, 3.05) is 0 Å². The highest BCUT2D eigenvalue weighted by molar-refractivity contribution is 6.03. The lowest BCUT2D eigenvalue weighted by Gasteiger charge is -2.02. The molecule has 0 aliphatic rings. The van der Waals surface area contributed by atoms with Gasteiger partial charge in [-0.3, -0.25) is 9.97 Å². The number of benzene rings is 1. The zero-order valence-corrected chi connectivity index (χ0v) is 12.1. The highest BCUT2D eigenvalue weighted by Gasteiger charge is 2.10. The first-order valence-corrected chi connectivity index (χ1v) is 7.38. The fourth-order valence-electron chi connectivity index (χ4n) is 2.86. The summed E-state index contributed by atoms with van der Waals surface area (Å²) in [7, 11) is 0. The summed E-state index contributed by atoms with van der Waals surface area (Å²) in [6.07, 6.45) is 3.54. The van der Waals surface area contributed by atoms with E-state index in [4.69, 9.17) is 4.42 Å². The van der Waals surface area contributed by atoms with E-state index < -0.39 is 0 Å². The summed E-state index contributed by atoms with van der Waals surface area (Å²) >= 11 is 0. The van der Waals surface area contributed by atoms with Crippen LogP contribution < -0.4 is 0 Å². The maximum atomic E-state index is 5.85. The number of para-hydroxylation sites is 1. The van der Waals surface area contributed by atoms with E-state index in [2.05, 4.69) is 15.0 Å². The number of aromatic nitrogens is 3. The van der Waals surface area contributed by atoms with E-state index in [1.807, 2.05) is 54.6 Å². The van der Waals surface area contributed by atoms with Crippen LogP contribution in [0.15, 0.2) is 71.4 Å². The van der Waals surface area contributed by atoms with Crippen LogP contribution in [0.4, 0.5) is 0 Å². The first kappa shape index (κ1) is 12.3. The Morgan fingerprint density at radius 3 is 2.74 bits per heavy atom. The Morgan fingerprint density at radius 2 is 1.74 bits per heavy atom. The number of fused-ring (bicyclic) bond motifs is 4. The molecule has 0 atom stereocenters. The second-order valence-corrected chi connectivity index (χ2v) is 5.41. The standard InChI is InChI=1S/C19H11N3O/c1-2-6-18-13(5-1)14-7-8-15(22-19(14)23-18)16-10-12-4-3-9-20-17(12)11-21-16/h1-11H. The van der Waals surface area contributed by atoms with E-state index >= 15 is 0 Å². The van der Waals surface area contributed by atoms with Crippen LogP contribution in [0.5, 0.6) is 0 Å². The predicted octanol–water partition coefficient (Wildman–Crippen LogP) is 4.59. The fraction of sp³-hybridized carbons (Fsp3) is 0. The third kappa shape index (κ3) is 1.89. The maximum Gasteiger partial charge on any atom is 0.227 e. The third-order valence-corrected chi connectivity index (χ3v) is 4.00. The van der Waals surface area contributed by atoms with E-state index in [1.54, 1.807) is 12.4 Å². The number of rotatable bonds is 1. The van der Waals surface area contributed by atoms with Crippen LogP contribution in [0.2, 0.25) is 0 Å². The molecular weight excluding hydrogens is 286 g/mol. The first-order chi connectivity index (χ1) is 11.4. The van der Waals surface area contributed by atoms with Crippen LogP contribution in [0.1, 0.15) is 0 Å². The van der Waals surface area contributed by atoms with Gasteiger partial charge in [0.2, 0.25) is 5.71 Å². The van der Waals surface area contributed by atoms with Gasteiger partial charge in [0.1, 0.15) is 5.58 Å². The SMILES string of the molecule is c1cnc2cnc(-c3ccc4c(n3)oc3ccccc34)cc2c1. The number of furan rings is 1. The normalized spacial score (nSPS) is 11.5. The molecule has 4 nitrogen and oxygen atoms in total. The van der Waals surface area contributed by atoms with Gasteiger partial charge >= 0.3 is 0 Å². The Hall–Kier alpha value is -3.27. The van der Waals surface area contributed by atoms with Crippen molar-refractivity contribution in [1.29, 1.82) is 0 Å². The first-order valence-electron chi connectivity index (χ1n) is 7.38. The highest BCUT2D eigenvalue weighted by atomic mass is 16.3. The Morgan fingerprint density at radius 1 is 0.783 bits per heavy atom. The van der Waals surface area contributed by atoms with Crippen LogP contribution in [0.3, 0.4) is 0 Å². The molecule has 1 aromatic carbocycles. The molecule has 23 heavy (non-hydrogen) atoms. The molecule has 0 amide bonds. The highest BCUT2D eigenvalue weighted by Crippen LogP contribution is 2.29. The molecule has 0 saturated heterocycles. The number of pyridine rings is 3. The van der Waals surface area contributed by atoms with Gasteiger partial charge in [-0.2, -0.15) is 0 Å². The molecule has 0 aliphatic carbocycles. The Bertz CT molecular complexity index is 1180.